The number of hydrogen-bond donors (Lipinski definition) is 2. The second-order valence-corrected chi connectivity index (χ2v) is 5.48. The van der Waals surface area contributed by atoms with Crippen LogP contribution in [0.4, 0.5) is 0 Å². The fourth-order valence-corrected chi connectivity index (χ4v) is 2.89. The number of carbonyl (C=O) groups is 1. The number of nitrogens with zero attached hydrogens (tertiary/aromatic N) is 2. The molecule has 0 saturated heterocycles. The van der Waals surface area contributed by atoms with Gasteiger partial charge in [-0.15, -0.1) is 11.3 Å². The molecule has 0 saturated carbocycles. The number of aromatic nitrogens is 2. The third-order valence-corrected chi connectivity index (χ3v) is 4.00. The number of nitrogens with two attached hydrogens (primary N) is 1. The zero-order valence-corrected chi connectivity index (χ0v) is 12.0. The van der Waals surface area contributed by atoms with E-state index in [9.17, 15) is 4.79 Å². The average molecular weight is 298 g/mol. The maximum atomic E-state index is 11.6. The minimum Gasteiger partial charge on any atom is -0.326 e. The summed E-state index contributed by atoms with van der Waals surface area (Å²) in [5, 5.41) is 2.03. The van der Waals surface area contributed by atoms with Crippen LogP contribution in [0.15, 0.2) is 54.2 Å². The lowest BCUT2D eigenvalue weighted by molar-refractivity contribution is 0.0953. The number of thiophene rings is 1. The minimum atomic E-state index is -0.291. The van der Waals surface area contributed by atoms with Crippen molar-refractivity contribution in [1.82, 2.24) is 15.0 Å². The van der Waals surface area contributed by atoms with Crippen LogP contribution in [-0.2, 0) is 6.54 Å². The molecule has 5 nitrogen and oxygen atoms in total. The van der Waals surface area contributed by atoms with E-state index in [-0.39, 0.29) is 5.91 Å². The Morgan fingerprint density at radius 2 is 2.24 bits per heavy atom. The molecule has 2 heterocycles. The topological polar surface area (TPSA) is 72.9 Å². The second kappa shape index (κ2) is 5.90. The zero-order valence-electron chi connectivity index (χ0n) is 11.2. The highest BCUT2D eigenvalue weighted by atomic mass is 32.1. The predicted molar refractivity (Wildman–Crippen MR) is 82.7 cm³/mol. The summed E-state index contributed by atoms with van der Waals surface area (Å²) >= 11 is 1.65. The van der Waals surface area contributed by atoms with Crippen LogP contribution < -0.4 is 11.3 Å². The van der Waals surface area contributed by atoms with E-state index in [4.69, 9.17) is 5.84 Å². The fourth-order valence-electron chi connectivity index (χ4n) is 2.16. The van der Waals surface area contributed by atoms with Gasteiger partial charge in [0.15, 0.2) is 0 Å². The van der Waals surface area contributed by atoms with E-state index in [1.54, 1.807) is 23.6 Å². The number of imidazole rings is 1. The first-order valence-corrected chi connectivity index (χ1v) is 7.31. The number of nitrogen functional groups attached to an aromatic ring is 1. The van der Waals surface area contributed by atoms with Gasteiger partial charge in [-0.05, 0) is 29.1 Å². The standard InChI is InChI=1S/C15H14N4OS/c16-18-15(20)12-4-1-3-11(9-12)10-19-7-6-17-14(19)13-5-2-8-21-13/h1-9H,10,16H2,(H,18,20). The average Bonchev–Trinajstić information content (AvgIpc) is 3.17. The summed E-state index contributed by atoms with van der Waals surface area (Å²) in [6, 6.07) is 11.4. The fraction of sp³-hybridized carbons (Fsp3) is 0.0667. The van der Waals surface area contributed by atoms with Crippen LogP contribution in [0.3, 0.4) is 0 Å². The van der Waals surface area contributed by atoms with Gasteiger partial charge in [0.1, 0.15) is 5.82 Å². The van der Waals surface area contributed by atoms with E-state index < -0.39 is 0 Å². The Morgan fingerprint density at radius 1 is 1.33 bits per heavy atom. The molecule has 0 aliphatic carbocycles. The van der Waals surface area contributed by atoms with Gasteiger partial charge in [0, 0.05) is 24.5 Å². The van der Waals surface area contributed by atoms with Gasteiger partial charge < -0.3 is 4.57 Å². The molecule has 0 aliphatic rings. The van der Waals surface area contributed by atoms with Crippen molar-refractivity contribution in [2.24, 2.45) is 5.84 Å². The highest BCUT2D eigenvalue weighted by Gasteiger charge is 2.09. The molecule has 3 N–H and O–H groups in total. The SMILES string of the molecule is NNC(=O)c1cccc(Cn2ccnc2-c2cccs2)c1. The molecule has 0 aliphatic heterocycles. The molecule has 3 aromatic rings. The Bertz CT molecular complexity index is 749. The smallest absolute Gasteiger partial charge is 0.265 e. The van der Waals surface area contributed by atoms with Gasteiger partial charge in [-0.25, -0.2) is 10.8 Å². The summed E-state index contributed by atoms with van der Waals surface area (Å²) in [6.07, 6.45) is 3.72. The quantitative estimate of drug-likeness (QED) is 0.441. The molecule has 0 spiro atoms. The van der Waals surface area contributed by atoms with Crippen LogP contribution in [-0.4, -0.2) is 15.5 Å². The molecule has 6 heteroatoms. The van der Waals surface area contributed by atoms with Crippen molar-refractivity contribution in [2.45, 2.75) is 6.54 Å². The van der Waals surface area contributed by atoms with Crippen molar-refractivity contribution in [3.8, 4) is 10.7 Å². The molecule has 2 aromatic heterocycles. The summed E-state index contributed by atoms with van der Waals surface area (Å²) in [5.41, 5.74) is 3.71. The summed E-state index contributed by atoms with van der Waals surface area (Å²) in [6.45, 7) is 0.652. The number of benzene rings is 1. The summed E-state index contributed by atoms with van der Waals surface area (Å²) in [5.74, 6) is 5.80. The lowest BCUT2D eigenvalue weighted by Gasteiger charge is -2.08. The van der Waals surface area contributed by atoms with E-state index in [1.807, 2.05) is 41.9 Å². The van der Waals surface area contributed by atoms with Crippen molar-refractivity contribution in [2.75, 3.05) is 0 Å². The lowest BCUT2D eigenvalue weighted by Crippen LogP contribution is -2.30. The Balaban J connectivity index is 1.88. The first-order chi connectivity index (χ1) is 10.3. The van der Waals surface area contributed by atoms with Crippen LogP contribution >= 0.6 is 11.3 Å². The first kappa shape index (κ1) is 13.5. The summed E-state index contributed by atoms with van der Waals surface area (Å²) in [4.78, 5) is 17.1. The second-order valence-electron chi connectivity index (χ2n) is 4.53. The third-order valence-electron chi connectivity index (χ3n) is 3.13. The van der Waals surface area contributed by atoms with Crippen molar-refractivity contribution in [3.63, 3.8) is 0 Å². The van der Waals surface area contributed by atoms with E-state index in [2.05, 4.69) is 15.0 Å². The molecule has 0 unspecified atom stereocenters. The molecule has 0 atom stereocenters. The summed E-state index contributed by atoms with van der Waals surface area (Å²) in [7, 11) is 0. The maximum Gasteiger partial charge on any atom is 0.265 e. The summed E-state index contributed by atoms with van der Waals surface area (Å²) < 4.78 is 2.06. The van der Waals surface area contributed by atoms with Crippen molar-refractivity contribution in [3.05, 3.63) is 65.3 Å². The van der Waals surface area contributed by atoms with Crippen LogP contribution in [0.25, 0.3) is 10.7 Å². The molecule has 3 rings (SSSR count). The van der Waals surface area contributed by atoms with Crippen molar-refractivity contribution >= 4 is 17.2 Å². The van der Waals surface area contributed by atoms with E-state index >= 15 is 0 Å². The number of hydrazine groups is 1. The Labute approximate surface area is 126 Å². The van der Waals surface area contributed by atoms with Gasteiger partial charge in [0.25, 0.3) is 5.91 Å². The van der Waals surface area contributed by atoms with Gasteiger partial charge >= 0.3 is 0 Å². The highest BCUT2D eigenvalue weighted by Crippen LogP contribution is 2.23. The maximum absolute atomic E-state index is 11.6. The lowest BCUT2D eigenvalue weighted by atomic mass is 10.1. The largest absolute Gasteiger partial charge is 0.326 e. The molecule has 0 fully saturated rings. The zero-order chi connectivity index (χ0) is 14.7. The van der Waals surface area contributed by atoms with Gasteiger partial charge in [0.2, 0.25) is 0 Å². The molecule has 21 heavy (non-hydrogen) atoms. The van der Waals surface area contributed by atoms with Gasteiger partial charge in [-0.2, -0.15) is 0 Å². The van der Waals surface area contributed by atoms with Crippen molar-refractivity contribution < 1.29 is 4.79 Å². The molecule has 0 bridgehead atoms. The van der Waals surface area contributed by atoms with Gasteiger partial charge in [-0.3, -0.25) is 10.2 Å². The molecular formula is C15H14N4OS. The molecule has 1 amide bonds. The minimum absolute atomic E-state index is 0.291. The Hall–Kier alpha value is -2.44. The molecular weight excluding hydrogens is 284 g/mol. The van der Waals surface area contributed by atoms with Gasteiger partial charge in [-0.1, -0.05) is 18.2 Å². The predicted octanol–water partition coefficient (Wildman–Crippen LogP) is 2.26. The van der Waals surface area contributed by atoms with E-state index in [0.29, 0.717) is 12.1 Å². The van der Waals surface area contributed by atoms with E-state index in [0.717, 1.165) is 16.3 Å². The van der Waals surface area contributed by atoms with Crippen LogP contribution in [0.1, 0.15) is 15.9 Å². The number of carbonyl (C=O) groups excluding carboxylic acids is 1. The van der Waals surface area contributed by atoms with E-state index in [1.165, 1.54) is 0 Å². The first-order valence-electron chi connectivity index (χ1n) is 6.43. The third kappa shape index (κ3) is 2.86. The Morgan fingerprint density at radius 3 is 3.00 bits per heavy atom. The normalized spacial score (nSPS) is 10.5. The van der Waals surface area contributed by atoms with Gasteiger partial charge in [0.05, 0.1) is 4.88 Å². The Kier molecular flexibility index (Phi) is 3.81. The number of hydrogen-bond acceptors (Lipinski definition) is 4. The molecule has 1 aromatic carbocycles. The monoisotopic (exact) mass is 298 g/mol. The number of nitrogens with one attached hydrogen (secondary N) is 1. The molecule has 0 radical (unpaired) electrons. The number of rotatable bonds is 4. The van der Waals surface area contributed by atoms with Crippen molar-refractivity contribution in [1.29, 1.82) is 0 Å². The number of amides is 1. The van der Waals surface area contributed by atoms with Crippen LogP contribution in [0.2, 0.25) is 0 Å². The highest BCUT2D eigenvalue weighted by molar-refractivity contribution is 7.13. The van der Waals surface area contributed by atoms with Crippen LogP contribution in [0, 0.1) is 0 Å². The van der Waals surface area contributed by atoms with Crippen LogP contribution in [0.5, 0.6) is 0 Å². The molecule has 106 valence electrons.